The van der Waals surface area contributed by atoms with Crippen LogP contribution in [0.15, 0.2) is 40.0 Å². The smallest absolute Gasteiger partial charge is 0.283 e. The lowest BCUT2D eigenvalue weighted by Crippen LogP contribution is -2.50. The van der Waals surface area contributed by atoms with Gasteiger partial charge in [0.05, 0.1) is 11.9 Å². The molecule has 24 heavy (non-hydrogen) atoms. The van der Waals surface area contributed by atoms with Gasteiger partial charge in [-0.15, -0.1) is 0 Å². The predicted molar refractivity (Wildman–Crippen MR) is 93.6 cm³/mol. The summed E-state index contributed by atoms with van der Waals surface area (Å²) in [4.78, 5) is 32.4. The summed E-state index contributed by atoms with van der Waals surface area (Å²) < 4.78 is 1.35. The van der Waals surface area contributed by atoms with E-state index in [0.29, 0.717) is 13.1 Å². The lowest BCUT2D eigenvalue weighted by atomic mass is 10.2. The molecule has 3 heterocycles. The second-order valence-corrected chi connectivity index (χ2v) is 6.24. The van der Waals surface area contributed by atoms with Crippen LogP contribution in [0, 0.1) is 0 Å². The third-order valence-electron chi connectivity index (χ3n) is 3.96. The van der Waals surface area contributed by atoms with Crippen LogP contribution in [0.2, 0.25) is 0 Å². The quantitative estimate of drug-likeness (QED) is 0.808. The van der Waals surface area contributed by atoms with Crippen molar-refractivity contribution >= 4 is 33.2 Å². The maximum Gasteiger partial charge on any atom is 0.283 e. The Balaban J connectivity index is 1.62. The number of halogens is 1. The number of rotatable bonds is 3. The van der Waals surface area contributed by atoms with Crippen molar-refractivity contribution in [1.82, 2.24) is 19.7 Å². The zero-order valence-corrected chi connectivity index (χ0v) is 14.5. The monoisotopic (exact) mass is 392 g/mol. The van der Waals surface area contributed by atoms with E-state index in [1.807, 2.05) is 12.1 Å². The Bertz CT molecular complexity index is 786. The molecule has 2 N–H and O–H groups in total. The summed E-state index contributed by atoms with van der Waals surface area (Å²) in [5.41, 5.74) is 6.56. The number of carbonyl (C=O) groups excluding carboxylic acids is 1. The summed E-state index contributed by atoms with van der Waals surface area (Å²) in [6, 6.07) is 3.90. The van der Waals surface area contributed by atoms with Crippen LogP contribution in [-0.4, -0.2) is 51.8 Å². The molecule has 0 aliphatic carbocycles. The fraction of sp³-hybridized carbons (Fsp3) is 0.333. The molecule has 1 saturated heterocycles. The van der Waals surface area contributed by atoms with Crippen molar-refractivity contribution in [2.24, 2.45) is 0 Å². The molecule has 0 radical (unpaired) electrons. The van der Waals surface area contributed by atoms with Gasteiger partial charge in [0, 0.05) is 44.3 Å². The number of aromatic nitrogens is 3. The third kappa shape index (κ3) is 3.40. The van der Waals surface area contributed by atoms with Gasteiger partial charge >= 0.3 is 0 Å². The Kier molecular flexibility index (Phi) is 4.79. The molecule has 0 spiro atoms. The molecule has 1 amide bonds. The zero-order chi connectivity index (χ0) is 17.1. The van der Waals surface area contributed by atoms with Gasteiger partial charge in [-0.3, -0.25) is 14.6 Å². The molecule has 1 aliphatic heterocycles. The van der Waals surface area contributed by atoms with E-state index in [1.54, 1.807) is 17.3 Å². The number of carbonyl (C=O) groups is 1. The Morgan fingerprint density at radius 2 is 1.88 bits per heavy atom. The Morgan fingerprint density at radius 1 is 1.21 bits per heavy atom. The number of anilines is 2. The van der Waals surface area contributed by atoms with Crippen molar-refractivity contribution in [2.45, 2.75) is 6.54 Å². The van der Waals surface area contributed by atoms with Gasteiger partial charge in [-0.2, -0.15) is 5.10 Å². The number of nitrogens with two attached hydrogens (primary N) is 1. The molecule has 0 unspecified atom stereocenters. The fourth-order valence-corrected chi connectivity index (χ4v) is 2.89. The molecule has 126 valence electrons. The van der Waals surface area contributed by atoms with E-state index in [9.17, 15) is 9.59 Å². The van der Waals surface area contributed by atoms with Gasteiger partial charge in [-0.1, -0.05) is 0 Å². The van der Waals surface area contributed by atoms with Crippen molar-refractivity contribution in [3.63, 3.8) is 0 Å². The standard InChI is InChI=1S/C15H17BrN6O2/c16-14-12(17)9-19-22(15(14)24)10-13(23)21-7-5-20(6-8-21)11-1-3-18-4-2-11/h1-4,9H,5-8,10,17H2. The normalized spacial score (nSPS) is 14.7. The van der Waals surface area contributed by atoms with Crippen LogP contribution in [0.3, 0.4) is 0 Å². The number of hydrogen-bond donors (Lipinski definition) is 1. The highest BCUT2D eigenvalue weighted by atomic mass is 79.9. The number of hydrogen-bond acceptors (Lipinski definition) is 6. The summed E-state index contributed by atoms with van der Waals surface area (Å²) in [6.07, 6.45) is 4.87. The van der Waals surface area contributed by atoms with Gasteiger partial charge in [-0.25, -0.2) is 4.68 Å². The molecule has 0 aromatic carbocycles. The van der Waals surface area contributed by atoms with E-state index in [4.69, 9.17) is 5.73 Å². The van der Waals surface area contributed by atoms with Crippen molar-refractivity contribution in [2.75, 3.05) is 36.8 Å². The number of pyridine rings is 1. The van der Waals surface area contributed by atoms with Crippen LogP contribution in [-0.2, 0) is 11.3 Å². The highest BCUT2D eigenvalue weighted by Gasteiger charge is 2.22. The van der Waals surface area contributed by atoms with E-state index in [2.05, 4.69) is 30.9 Å². The average molecular weight is 393 g/mol. The van der Waals surface area contributed by atoms with E-state index in [1.165, 1.54) is 6.20 Å². The molecule has 1 aliphatic rings. The van der Waals surface area contributed by atoms with Crippen LogP contribution in [0.4, 0.5) is 11.4 Å². The summed E-state index contributed by atoms with van der Waals surface area (Å²) in [5, 5.41) is 3.92. The van der Waals surface area contributed by atoms with Crippen molar-refractivity contribution in [3.05, 3.63) is 45.5 Å². The minimum atomic E-state index is -0.404. The van der Waals surface area contributed by atoms with Crippen LogP contribution in [0.25, 0.3) is 0 Å². The Labute approximate surface area is 147 Å². The lowest BCUT2D eigenvalue weighted by molar-refractivity contribution is -0.132. The minimum absolute atomic E-state index is 0.0903. The van der Waals surface area contributed by atoms with Crippen LogP contribution in [0.5, 0.6) is 0 Å². The SMILES string of the molecule is Nc1cnn(CC(=O)N2CCN(c3ccncc3)CC2)c(=O)c1Br. The first-order valence-corrected chi connectivity index (χ1v) is 8.29. The van der Waals surface area contributed by atoms with Gasteiger partial charge in [0.25, 0.3) is 5.56 Å². The molecular formula is C15H17BrN6O2. The van der Waals surface area contributed by atoms with E-state index in [0.717, 1.165) is 23.5 Å². The maximum atomic E-state index is 12.4. The third-order valence-corrected chi connectivity index (χ3v) is 4.75. The molecule has 8 nitrogen and oxygen atoms in total. The average Bonchev–Trinajstić information content (AvgIpc) is 2.63. The highest BCUT2D eigenvalue weighted by Crippen LogP contribution is 2.15. The number of amides is 1. The topological polar surface area (TPSA) is 97.3 Å². The Hall–Kier alpha value is -2.42. The van der Waals surface area contributed by atoms with E-state index < -0.39 is 5.56 Å². The zero-order valence-electron chi connectivity index (χ0n) is 12.9. The molecule has 2 aromatic heterocycles. The summed E-state index contributed by atoms with van der Waals surface area (Å²) in [6.45, 7) is 2.60. The van der Waals surface area contributed by atoms with Gasteiger partial charge < -0.3 is 15.5 Å². The first kappa shape index (κ1) is 16.4. The Morgan fingerprint density at radius 3 is 2.54 bits per heavy atom. The first-order valence-electron chi connectivity index (χ1n) is 7.50. The second kappa shape index (κ2) is 7.00. The molecule has 0 saturated carbocycles. The summed E-state index contributed by atoms with van der Waals surface area (Å²) in [7, 11) is 0. The van der Waals surface area contributed by atoms with Crippen molar-refractivity contribution in [3.8, 4) is 0 Å². The predicted octanol–water partition coefficient (Wildman–Crippen LogP) is 0.332. The molecule has 1 fully saturated rings. The molecule has 0 bridgehead atoms. The van der Waals surface area contributed by atoms with Crippen LogP contribution in [0.1, 0.15) is 0 Å². The van der Waals surface area contributed by atoms with E-state index >= 15 is 0 Å². The maximum absolute atomic E-state index is 12.4. The summed E-state index contributed by atoms with van der Waals surface area (Å²) in [5.74, 6) is -0.129. The molecule has 2 aromatic rings. The first-order chi connectivity index (χ1) is 11.6. The number of nitrogen functional groups attached to an aromatic ring is 1. The van der Waals surface area contributed by atoms with Crippen molar-refractivity contribution in [1.29, 1.82) is 0 Å². The van der Waals surface area contributed by atoms with Crippen LogP contribution < -0.4 is 16.2 Å². The van der Waals surface area contributed by atoms with Gasteiger partial charge in [-0.05, 0) is 28.1 Å². The molecular weight excluding hydrogens is 376 g/mol. The summed E-state index contributed by atoms with van der Waals surface area (Å²) >= 11 is 3.11. The van der Waals surface area contributed by atoms with E-state index in [-0.39, 0.29) is 22.6 Å². The van der Waals surface area contributed by atoms with Gasteiger partial charge in [0.1, 0.15) is 11.0 Å². The second-order valence-electron chi connectivity index (χ2n) is 5.45. The minimum Gasteiger partial charge on any atom is -0.396 e. The number of nitrogens with zero attached hydrogens (tertiary/aromatic N) is 5. The number of piperazine rings is 1. The molecule has 0 atom stereocenters. The largest absolute Gasteiger partial charge is 0.396 e. The lowest BCUT2D eigenvalue weighted by Gasteiger charge is -2.36. The highest BCUT2D eigenvalue weighted by molar-refractivity contribution is 9.10. The van der Waals surface area contributed by atoms with Crippen LogP contribution >= 0.6 is 15.9 Å². The van der Waals surface area contributed by atoms with Crippen molar-refractivity contribution < 1.29 is 4.79 Å². The molecule has 3 rings (SSSR count). The van der Waals surface area contributed by atoms with Gasteiger partial charge in [0.15, 0.2) is 0 Å². The van der Waals surface area contributed by atoms with Gasteiger partial charge in [0.2, 0.25) is 5.91 Å². The molecule has 9 heteroatoms. The fourth-order valence-electron chi connectivity index (χ4n) is 2.59.